The zero-order valence-electron chi connectivity index (χ0n) is 15.9. The quantitative estimate of drug-likeness (QED) is 0.158. The summed E-state index contributed by atoms with van der Waals surface area (Å²) in [5, 5.41) is 4.83. The van der Waals surface area contributed by atoms with E-state index in [1.807, 2.05) is 0 Å². The molecule has 0 unspecified atom stereocenters. The van der Waals surface area contributed by atoms with Gasteiger partial charge in [-0.05, 0) is 55.4 Å². The van der Waals surface area contributed by atoms with Crippen molar-refractivity contribution in [3.05, 3.63) is 5.32 Å². The molecule has 0 fully saturated rings. The van der Waals surface area contributed by atoms with Gasteiger partial charge in [0.25, 0.3) is 0 Å². The van der Waals surface area contributed by atoms with Gasteiger partial charge in [-0.2, -0.15) is 0 Å². The van der Waals surface area contributed by atoms with Gasteiger partial charge in [0.15, 0.2) is 0 Å². The maximum absolute atomic E-state index is 7.75. The Labute approximate surface area is 155 Å². The van der Waals surface area contributed by atoms with Crippen LogP contribution < -0.4 is 0 Å². The fourth-order valence-corrected chi connectivity index (χ4v) is 8.82. The second-order valence-corrected chi connectivity index (χ2v) is 14.9. The molecule has 0 aromatic carbocycles. The Morgan fingerprint density at radius 2 is 0.909 bits per heavy atom. The van der Waals surface area contributed by atoms with Crippen LogP contribution >= 0.6 is 15.8 Å². The molecule has 0 rings (SSSR count). The summed E-state index contributed by atoms with van der Waals surface area (Å²) in [6.45, 7) is 24.7. The summed E-state index contributed by atoms with van der Waals surface area (Å²) in [6.07, 6.45) is 2.76. The van der Waals surface area contributed by atoms with Crippen LogP contribution in [0.5, 0.6) is 0 Å². The molecule has 0 N–H and O–H groups in total. The third-order valence-electron chi connectivity index (χ3n) is 4.08. The summed E-state index contributed by atoms with van der Waals surface area (Å²) >= 11 is 0. The molecule has 0 saturated heterocycles. The molecule has 0 amide bonds. The zero-order chi connectivity index (χ0) is 17.0. The van der Waals surface area contributed by atoms with E-state index >= 15 is 0 Å². The van der Waals surface area contributed by atoms with Crippen LogP contribution in [0.4, 0.5) is 0 Å². The van der Waals surface area contributed by atoms with Crippen LogP contribution in [0.15, 0.2) is 0 Å². The second kappa shape index (κ2) is 17.0. The first-order valence-electron chi connectivity index (χ1n) is 8.35. The average molecular weight is 438 g/mol. The van der Waals surface area contributed by atoms with E-state index in [-0.39, 0.29) is 35.3 Å². The van der Waals surface area contributed by atoms with Gasteiger partial charge in [-0.15, -0.1) is 13.1 Å². The van der Waals surface area contributed by atoms with Crippen molar-refractivity contribution < 1.29 is 24.3 Å². The fraction of sp³-hybridized carbons (Fsp3) is 0.941. The Bertz CT molecular complexity index is 201. The van der Waals surface area contributed by atoms with E-state index in [4.69, 9.17) is 10.1 Å². The van der Waals surface area contributed by atoms with Crippen molar-refractivity contribution in [3.8, 4) is 0 Å². The van der Waals surface area contributed by atoms with Gasteiger partial charge < -0.3 is 10.1 Å². The molecule has 135 valence electrons. The van der Waals surface area contributed by atoms with Crippen molar-refractivity contribution in [2.24, 2.45) is 0 Å². The predicted octanol–water partition coefficient (Wildman–Crippen LogP) is 4.88. The molecule has 0 atom stereocenters. The molecule has 0 aliphatic heterocycles. The number of hydrogen-bond acceptors (Lipinski definition) is 1. The summed E-state index contributed by atoms with van der Waals surface area (Å²) < 4.78 is 0. The van der Waals surface area contributed by atoms with Gasteiger partial charge in [0.05, 0.1) is 22.6 Å². The summed E-state index contributed by atoms with van der Waals surface area (Å²) in [4.78, 5) is 7.75. The van der Waals surface area contributed by atoms with Gasteiger partial charge in [0.1, 0.15) is 0 Å². The summed E-state index contributed by atoms with van der Waals surface area (Å²) in [7, 11) is -0.394. The third kappa shape index (κ3) is 13.5. The maximum atomic E-state index is 7.75. The summed E-state index contributed by atoms with van der Waals surface area (Å²) in [5.74, 6) is 0. The Morgan fingerprint density at radius 1 is 0.682 bits per heavy atom. The number of carbonyl (C=O) groups excluding carboxylic acids is 1. The SMILES string of the molecule is CC(C)[PH+](CC[N-]CC[PH+](C(C)C)C(C)C)C(C)C.[CH-]=O.[RuH+2]. The summed E-state index contributed by atoms with van der Waals surface area (Å²) in [5.41, 5.74) is 3.58. The molecule has 2 nitrogen and oxygen atoms in total. The number of nitrogens with zero attached hydrogens (tertiary/aromatic N) is 1. The van der Waals surface area contributed by atoms with Gasteiger partial charge in [0.2, 0.25) is 0 Å². The Hall–Kier alpha value is 1.11. The van der Waals surface area contributed by atoms with Crippen molar-refractivity contribution in [2.75, 3.05) is 25.4 Å². The van der Waals surface area contributed by atoms with Gasteiger partial charge in [-0.3, -0.25) is 6.79 Å². The number of hydrogen-bond donors (Lipinski definition) is 0. The molecule has 0 aromatic heterocycles. The van der Waals surface area contributed by atoms with Crippen LogP contribution in [-0.2, 0) is 24.3 Å². The molecule has 0 heterocycles. The van der Waals surface area contributed by atoms with Crippen LogP contribution in [0, 0.1) is 0 Å². The van der Waals surface area contributed by atoms with Crippen molar-refractivity contribution in [1.29, 1.82) is 0 Å². The Balaban J connectivity index is -0.00000115. The monoisotopic (exact) mass is 438 g/mol. The van der Waals surface area contributed by atoms with Crippen LogP contribution in [0.3, 0.4) is 0 Å². The molecule has 0 spiro atoms. The van der Waals surface area contributed by atoms with Crippen LogP contribution in [-0.4, -0.2) is 54.8 Å². The molecule has 0 saturated carbocycles. The van der Waals surface area contributed by atoms with Gasteiger partial charge in [-0.1, -0.05) is 0 Å². The number of rotatable bonds is 10. The van der Waals surface area contributed by atoms with Crippen LogP contribution in [0.1, 0.15) is 55.4 Å². The molecule has 22 heavy (non-hydrogen) atoms. The van der Waals surface area contributed by atoms with E-state index in [1.165, 1.54) is 12.3 Å². The first kappa shape index (κ1) is 27.9. The van der Waals surface area contributed by atoms with Crippen molar-refractivity contribution in [1.82, 2.24) is 0 Å². The minimum atomic E-state index is -0.197. The van der Waals surface area contributed by atoms with Crippen molar-refractivity contribution in [3.63, 3.8) is 0 Å². The molecule has 0 aromatic rings. The molecular weight excluding hydrogens is 397 g/mol. The van der Waals surface area contributed by atoms with E-state index in [0.29, 0.717) is 0 Å². The van der Waals surface area contributed by atoms with Gasteiger partial charge >= 0.3 is 19.5 Å². The van der Waals surface area contributed by atoms with Crippen molar-refractivity contribution >= 4 is 22.6 Å². The third-order valence-corrected chi connectivity index (χ3v) is 11.6. The topological polar surface area (TPSA) is 31.2 Å². The molecular formula is C17H40NOP2Ru+2. The normalized spacial score (nSPS) is 11.4. The molecule has 0 aliphatic carbocycles. The van der Waals surface area contributed by atoms with E-state index in [2.05, 4.69) is 62.2 Å². The minimum absolute atomic E-state index is 0. The Morgan fingerprint density at radius 3 is 1.09 bits per heavy atom. The Kier molecular flexibility index (Phi) is 21.5. The van der Waals surface area contributed by atoms with Crippen molar-refractivity contribution in [2.45, 2.75) is 78.0 Å². The van der Waals surface area contributed by atoms with Crippen LogP contribution in [0.2, 0.25) is 0 Å². The average Bonchev–Trinajstić information content (AvgIpc) is 2.38. The second-order valence-electron chi connectivity index (χ2n) is 6.94. The molecule has 0 aliphatic rings. The molecule has 0 bridgehead atoms. The van der Waals surface area contributed by atoms with E-state index in [9.17, 15) is 0 Å². The predicted molar refractivity (Wildman–Crippen MR) is 108 cm³/mol. The van der Waals surface area contributed by atoms with E-state index < -0.39 is 0 Å². The van der Waals surface area contributed by atoms with Crippen LogP contribution in [0.25, 0.3) is 5.32 Å². The van der Waals surface area contributed by atoms with E-state index in [0.717, 1.165) is 35.7 Å². The first-order chi connectivity index (χ1) is 9.77. The molecule has 5 heteroatoms. The first-order valence-corrected chi connectivity index (χ1v) is 12.1. The summed E-state index contributed by atoms with van der Waals surface area (Å²) in [6, 6.07) is 0. The standard InChI is InChI=1S/C16H36NP2.CHO.Ru.H/c1-13(2)18(14(3)4)11-9-17-10-12-19(15(5)6)16(7)8;1-2;;/h13-16H,9-12H2,1-8H3;1H;;/q2*-1;+2;/p+2. The fourth-order valence-electron chi connectivity index (χ4n) is 3.02. The van der Waals surface area contributed by atoms with Gasteiger partial charge in [-0.25, -0.2) is 0 Å². The molecule has 0 radical (unpaired) electrons. The zero-order valence-corrected chi connectivity index (χ0v) is 19.8. The van der Waals surface area contributed by atoms with Gasteiger partial charge in [0, 0.05) is 28.2 Å². The van der Waals surface area contributed by atoms with E-state index in [1.54, 1.807) is 0 Å².